The highest BCUT2D eigenvalue weighted by molar-refractivity contribution is 5.73. The Labute approximate surface area is 133 Å². The van der Waals surface area contributed by atoms with E-state index in [1.807, 2.05) is 49.7 Å². The maximum atomic E-state index is 11.9. The van der Waals surface area contributed by atoms with Crippen LogP contribution in [0.5, 0.6) is 0 Å². The summed E-state index contributed by atoms with van der Waals surface area (Å²) in [6.45, 7) is 6.46. The zero-order valence-electron chi connectivity index (χ0n) is 13.4. The predicted octanol–water partition coefficient (Wildman–Crippen LogP) is 2.25. The van der Waals surface area contributed by atoms with Crippen molar-refractivity contribution >= 4 is 11.7 Å². The summed E-state index contributed by atoms with van der Waals surface area (Å²) in [5.74, 6) is 0.721. The van der Waals surface area contributed by atoms with Gasteiger partial charge in [-0.25, -0.2) is 9.78 Å². The summed E-state index contributed by atoms with van der Waals surface area (Å²) in [6.07, 6.45) is 3.92. The van der Waals surface area contributed by atoms with Crippen LogP contribution in [0.4, 0.5) is 4.79 Å². The van der Waals surface area contributed by atoms with Crippen LogP contribution in [0.15, 0.2) is 29.0 Å². The van der Waals surface area contributed by atoms with E-state index in [2.05, 4.69) is 20.8 Å². The average molecular weight is 313 g/mol. The number of urea groups is 1. The summed E-state index contributed by atoms with van der Waals surface area (Å²) in [6, 6.07) is 3.71. The molecule has 3 aromatic heterocycles. The normalized spacial score (nSPS) is 10.9. The lowest BCUT2D eigenvalue weighted by atomic mass is 10.2. The molecular weight excluding hydrogens is 294 g/mol. The number of fused-ring (bicyclic) bond motifs is 1. The Morgan fingerprint density at radius 2 is 1.96 bits per heavy atom. The number of aryl methyl sites for hydroxylation is 3. The van der Waals surface area contributed by atoms with Gasteiger partial charge >= 0.3 is 6.03 Å². The third-order valence-electron chi connectivity index (χ3n) is 3.69. The van der Waals surface area contributed by atoms with Crippen LogP contribution >= 0.6 is 0 Å². The molecule has 3 heterocycles. The lowest BCUT2D eigenvalue weighted by Gasteiger charge is -2.06. The Morgan fingerprint density at radius 3 is 2.70 bits per heavy atom. The number of hydrogen-bond donors (Lipinski definition) is 2. The quantitative estimate of drug-likeness (QED) is 0.773. The molecule has 0 aliphatic carbocycles. The van der Waals surface area contributed by atoms with Crippen LogP contribution in [0.25, 0.3) is 5.65 Å². The maximum Gasteiger partial charge on any atom is 0.315 e. The van der Waals surface area contributed by atoms with Crippen molar-refractivity contribution in [3.05, 3.63) is 52.8 Å². The standard InChI is InChI=1S/C16H19N5O2/c1-10-4-5-15-19-13(9-21(15)8-10)6-17-16(22)18-7-14-11(2)20-23-12(14)3/h4-5,8-9H,6-7H2,1-3H3,(H2,17,18,22). The van der Waals surface area contributed by atoms with E-state index in [1.54, 1.807) is 0 Å². The van der Waals surface area contributed by atoms with E-state index in [4.69, 9.17) is 4.52 Å². The number of nitrogens with one attached hydrogen (secondary N) is 2. The smallest absolute Gasteiger partial charge is 0.315 e. The molecule has 2 amide bonds. The number of imidazole rings is 1. The molecule has 0 saturated carbocycles. The highest BCUT2D eigenvalue weighted by Gasteiger charge is 2.10. The van der Waals surface area contributed by atoms with Crippen molar-refractivity contribution in [3.8, 4) is 0 Å². The third-order valence-corrected chi connectivity index (χ3v) is 3.69. The molecule has 23 heavy (non-hydrogen) atoms. The SMILES string of the molecule is Cc1ccc2nc(CNC(=O)NCc3c(C)noc3C)cn2c1. The van der Waals surface area contributed by atoms with Gasteiger partial charge in [-0.15, -0.1) is 0 Å². The second-order valence-corrected chi connectivity index (χ2v) is 5.54. The molecule has 3 rings (SSSR count). The Morgan fingerprint density at radius 1 is 1.17 bits per heavy atom. The van der Waals surface area contributed by atoms with Gasteiger partial charge in [0.15, 0.2) is 0 Å². The minimum Gasteiger partial charge on any atom is -0.361 e. The van der Waals surface area contributed by atoms with Crippen LogP contribution in [0.3, 0.4) is 0 Å². The zero-order chi connectivity index (χ0) is 16.4. The number of rotatable bonds is 4. The molecule has 0 fully saturated rings. The Hall–Kier alpha value is -2.83. The molecule has 3 aromatic rings. The van der Waals surface area contributed by atoms with Gasteiger partial charge in [-0.1, -0.05) is 11.2 Å². The van der Waals surface area contributed by atoms with Gasteiger partial charge in [-0.3, -0.25) is 0 Å². The molecule has 0 saturated heterocycles. The number of carbonyl (C=O) groups excluding carboxylic acids is 1. The van der Waals surface area contributed by atoms with Gasteiger partial charge < -0.3 is 19.6 Å². The fourth-order valence-electron chi connectivity index (χ4n) is 2.40. The third kappa shape index (κ3) is 3.33. The average Bonchev–Trinajstić information content (AvgIpc) is 3.06. The summed E-state index contributed by atoms with van der Waals surface area (Å²) < 4.78 is 7.02. The Kier molecular flexibility index (Phi) is 4.01. The van der Waals surface area contributed by atoms with Crippen LogP contribution in [0.2, 0.25) is 0 Å². The first-order chi connectivity index (χ1) is 11.0. The van der Waals surface area contributed by atoms with E-state index in [0.29, 0.717) is 13.1 Å². The second-order valence-electron chi connectivity index (χ2n) is 5.54. The lowest BCUT2D eigenvalue weighted by molar-refractivity contribution is 0.240. The van der Waals surface area contributed by atoms with Gasteiger partial charge in [0.05, 0.1) is 17.9 Å². The molecule has 0 aliphatic rings. The Bertz CT molecular complexity index is 830. The topological polar surface area (TPSA) is 84.5 Å². The van der Waals surface area contributed by atoms with E-state index in [9.17, 15) is 4.79 Å². The van der Waals surface area contributed by atoms with E-state index in [0.717, 1.165) is 33.9 Å². The van der Waals surface area contributed by atoms with Crippen LogP contribution in [0, 0.1) is 20.8 Å². The molecule has 7 heteroatoms. The molecule has 0 bridgehead atoms. The summed E-state index contributed by atoms with van der Waals surface area (Å²) in [5.41, 5.74) is 4.53. The largest absolute Gasteiger partial charge is 0.361 e. The molecular formula is C16H19N5O2. The van der Waals surface area contributed by atoms with Crippen molar-refractivity contribution < 1.29 is 9.32 Å². The number of aromatic nitrogens is 3. The molecule has 120 valence electrons. The van der Waals surface area contributed by atoms with Crippen molar-refractivity contribution in [2.24, 2.45) is 0 Å². The van der Waals surface area contributed by atoms with Gasteiger partial charge in [-0.05, 0) is 32.4 Å². The fourth-order valence-corrected chi connectivity index (χ4v) is 2.40. The number of pyridine rings is 1. The zero-order valence-corrected chi connectivity index (χ0v) is 13.4. The van der Waals surface area contributed by atoms with Crippen molar-refractivity contribution in [1.29, 1.82) is 0 Å². The monoisotopic (exact) mass is 313 g/mol. The first kappa shape index (κ1) is 15.1. The summed E-state index contributed by atoms with van der Waals surface area (Å²) in [4.78, 5) is 16.4. The first-order valence-electron chi connectivity index (χ1n) is 7.40. The Balaban J connectivity index is 1.55. The lowest BCUT2D eigenvalue weighted by Crippen LogP contribution is -2.34. The molecule has 0 aliphatic heterocycles. The van der Waals surface area contributed by atoms with Crippen LogP contribution in [0.1, 0.15) is 28.3 Å². The molecule has 0 radical (unpaired) electrons. The number of hydrogen-bond acceptors (Lipinski definition) is 4. The second kappa shape index (κ2) is 6.12. The van der Waals surface area contributed by atoms with Crippen molar-refractivity contribution in [2.75, 3.05) is 0 Å². The van der Waals surface area contributed by atoms with E-state index >= 15 is 0 Å². The number of nitrogens with zero attached hydrogens (tertiary/aromatic N) is 3. The molecule has 0 atom stereocenters. The van der Waals surface area contributed by atoms with Gasteiger partial charge in [0.2, 0.25) is 0 Å². The molecule has 2 N–H and O–H groups in total. The van der Waals surface area contributed by atoms with Crippen LogP contribution in [-0.4, -0.2) is 20.6 Å². The highest BCUT2D eigenvalue weighted by atomic mass is 16.5. The van der Waals surface area contributed by atoms with Gasteiger partial charge in [0.25, 0.3) is 0 Å². The summed E-state index contributed by atoms with van der Waals surface area (Å²) in [5, 5.41) is 9.45. The van der Waals surface area contributed by atoms with Gasteiger partial charge in [0, 0.05) is 24.5 Å². The van der Waals surface area contributed by atoms with E-state index in [-0.39, 0.29) is 6.03 Å². The van der Waals surface area contributed by atoms with Gasteiger partial charge in [0.1, 0.15) is 11.4 Å². The van der Waals surface area contributed by atoms with E-state index in [1.165, 1.54) is 0 Å². The van der Waals surface area contributed by atoms with Crippen molar-refractivity contribution in [1.82, 2.24) is 25.2 Å². The molecule has 0 unspecified atom stereocenters. The summed E-state index contributed by atoms with van der Waals surface area (Å²) in [7, 11) is 0. The minimum absolute atomic E-state index is 0.252. The van der Waals surface area contributed by atoms with Crippen LogP contribution in [-0.2, 0) is 13.1 Å². The number of carbonyl (C=O) groups is 1. The van der Waals surface area contributed by atoms with Crippen molar-refractivity contribution in [2.45, 2.75) is 33.9 Å². The molecule has 0 spiro atoms. The first-order valence-corrected chi connectivity index (χ1v) is 7.40. The molecule has 0 aromatic carbocycles. The maximum absolute atomic E-state index is 11.9. The minimum atomic E-state index is -0.252. The fraction of sp³-hybridized carbons (Fsp3) is 0.312. The highest BCUT2D eigenvalue weighted by Crippen LogP contribution is 2.11. The number of amides is 2. The van der Waals surface area contributed by atoms with Gasteiger partial charge in [-0.2, -0.15) is 0 Å². The molecule has 7 nitrogen and oxygen atoms in total. The van der Waals surface area contributed by atoms with E-state index < -0.39 is 0 Å². The predicted molar refractivity (Wildman–Crippen MR) is 85.0 cm³/mol. The van der Waals surface area contributed by atoms with Crippen molar-refractivity contribution in [3.63, 3.8) is 0 Å². The summed E-state index contributed by atoms with van der Waals surface area (Å²) >= 11 is 0. The van der Waals surface area contributed by atoms with Crippen LogP contribution < -0.4 is 10.6 Å².